The first-order valence-corrected chi connectivity index (χ1v) is 11.5. The number of aryl methyl sites for hydroxylation is 1. The highest BCUT2D eigenvalue weighted by Crippen LogP contribution is 2.33. The molecular weight excluding hydrogens is 438 g/mol. The first kappa shape index (κ1) is 25.0. The first-order valence-electron chi connectivity index (χ1n) is 11.1. The summed E-state index contributed by atoms with van der Waals surface area (Å²) in [6, 6.07) is 17.1. The van der Waals surface area contributed by atoms with Crippen LogP contribution in [0.15, 0.2) is 54.6 Å². The van der Waals surface area contributed by atoms with Crippen LogP contribution in [0.2, 0.25) is 0 Å². The molecule has 1 unspecified atom stereocenters. The molecule has 1 saturated heterocycles. The summed E-state index contributed by atoms with van der Waals surface area (Å²) in [6.45, 7) is 11.4. The summed E-state index contributed by atoms with van der Waals surface area (Å²) in [5.74, 6) is 0.632. The van der Waals surface area contributed by atoms with Crippen LogP contribution in [0.4, 0.5) is 4.79 Å². The van der Waals surface area contributed by atoms with Crippen molar-refractivity contribution in [2.24, 2.45) is 0 Å². The number of hydrogen-bond acceptors (Lipinski definition) is 6. The molecule has 0 N–H and O–H groups in total. The molecule has 6 nitrogen and oxygen atoms in total. The van der Waals surface area contributed by atoms with Crippen molar-refractivity contribution in [3.8, 4) is 5.75 Å². The van der Waals surface area contributed by atoms with Gasteiger partial charge in [-0.25, -0.2) is 4.79 Å². The topological polar surface area (TPSA) is 57.2 Å². The van der Waals surface area contributed by atoms with Gasteiger partial charge in [0.2, 0.25) is 0 Å². The van der Waals surface area contributed by atoms with Gasteiger partial charge in [-0.05, 0) is 58.7 Å². The molecule has 1 amide bonds. The Balaban J connectivity index is 1.86. The molecule has 1 fully saturated rings. The molecule has 0 saturated carbocycles. The fourth-order valence-corrected chi connectivity index (χ4v) is 4.00. The van der Waals surface area contributed by atoms with E-state index in [-0.39, 0.29) is 11.8 Å². The van der Waals surface area contributed by atoms with Crippen LogP contribution in [-0.2, 0) is 20.6 Å². The van der Waals surface area contributed by atoms with Gasteiger partial charge >= 0.3 is 11.3 Å². The molecule has 0 bridgehead atoms. The molecule has 2 aromatic rings. The zero-order chi connectivity index (χ0) is 24.2. The highest BCUT2D eigenvalue weighted by molar-refractivity contribution is 7.79. The highest BCUT2D eigenvalue weighted by Gasteiger charge is 2.49. The molecule has 0 spiro atoms. The Morgan fingerprint density at radius 2 is 1.79 bits per heavy atom. The number of para-hydroxylation sites is 1. The van der Waals surface area contributed by atoms with Crippen molar-refractivity contribution in [1.29, 1.82) is 0 Å². The van der Waals surface area contributed by atoms with Gasteiger partial charge in [-0.1, -0.05) is 48.5 Å². The Bertz CT molecular complexity index is 970. The van der Waals surface area contributed by atoms with E-state index in [1.54, 1.807) is 4.90 Å². The lowest BCUT2D eigenvalue weighted by Gasteiger charge is -2.37. The van der Waals surface area contributed by atoms with E-state index < -0.39 is 29.6 Å². The van der Waals surface area contributed by atoms with Crippen LogP contribution in [0.1, 0.15) is 45.7 Å². The second-order valence-corrected chi connectivity index (χ2v) is 9.97. The normalized spacial score (nSPS) is 18.5. The lowest BCUT2D eigenvalue weighted by molar-refractivity contribution is -0.0675. The minimum atomic E-state index is -0.857. The van der Waals surface area contributed by atoms with Gasteiger partial charge < -0.3 is 18.9 Å². The maximum Gasteiger partial charge on any atom is 0.413 e. The van der Waals surface area contributed by atoms with E-state index in [1.165, 1.54) is 0 Å². The van der Waals surface area contributed by atoms with Gasteiger partial charge in [0.25, 0.3) is 0 Å². The highest BCUT2D eigenvalue weighted by atomic mass is 32.1. The Kier molecular flexibility index (Phi) is 7.65. The molecule has 2 aromatic carbocycles. The third-order valence-corrected chi connectivity index (χ3v) is 5.53. The van der Waals surface area contributed by atoms with Crippen LogP contribution < -0.4 is 4.74 Å². The predicted octanol–water partition coefficient (Wildman–Crippen LogP) is 5.66. The molecule has 33 heavy (non-hydrogen) atoms. The fourth-order valence-electron chi connectivity index (χ4n) is 3.78. The lowest BCUT2D eigenvalue weighted by Crippen LogP contribution is -2.54. The van der Waals surface area contributed by atoms with Crippen molar-refractivity contribution in [2.45, 2.75) is 71.4 Å². The van der Waals surface area contributed by atoms with E-state index in [1.807, 2.05) is 96.1 Å². The molecule has 2 atom stereocenters. The molecule has 1 aliphatic heterocycles. The third kappa shape index (κ3) is 6.68. The van der Waals surface area contributed by atoms with Crippen LogP contribution in [-0.4, -0.2) is 46.3 Å². The van der Waals surface area contributed by atoms with Gasteiger partial charge in [-0.15, -0.1) is 0 Å². The van der Waals surface area contributed by atoms with Crippen molar-refractivity contribution >= 4 is 23.5 Å². The van der Waals surface area contributed by atoms with Crippen molar-refractivity contribution in [3.63, 3.8) is 0 Å². The molecular formula is C26H33NO5S. The van der Waals surface area contributed by atoms with E-state index in [4.69, 9.17) is 31.2 Å². The molecule has 1 heterocycles. The number of ether oxygens (including phenoxy) is 4. The quantitative estimate of drug-likeness (QED) is 0.525. The maximum atomic E-state index is 13.2. The largest absolute Gasteiger partial charge is 0.451 e. The number of rotatable bonds is 5. The maximum absolute atomic E-state index is 13.2. The zero-order valence-corrected chi connectivity index (χ0v) is 21.0. The minimum absolute atomic E-state index is 0.000856. The molecule has 178 valence electrons. The van der Waals surface area contributed by atoms with Crippen LogP contribution in [0.25, 0.3) is 0 Å². The molecule has 0 aliphatic carbocycles. The molecule has 3 rings (SSSR count). The predicted molar refractivity (Wildman–Crippen MR) is 131 cm³/mol. The third-order valence-electron chi connectivity index (χ3n) is 5.35. The Morgan fingerprint density at radius 3 is 2.42 bits per heavy atom. The zero-order valence-electron chi connectivity index (χ0n) is 20.2. The van der Waals surface area contributed by atoms with Gasteiger partial charge in [0.05, 0.1) is 12.6 Å². The van der Waals surface area contributed by atoms with Gasteiger partial charge in [0.15, 0.2) is 0 Å². The van der Waals surface area contributed by atoms with Gasteiger partial charge in [0.1, 0.15) is 23.2 Å². The van der Waals surface area contributed by atoms with E-state index in [2.05, 4.69) is 0 Å². The molecule has 0 radical (unpaired) electrons. The van der Waals surface area contributed by atoms with Crippen LogP contribution >= 0.6 is 12.2 Å². The number of benzene rings is 2. The summed E-state index contributed by atoms with van der Waals surface area (Å²) in [4.78, 5) is 14.8. The number of carbonyl (C=O) groups excluding carboxylic acids is 1. The monoisotopic (exact) mass is 471 g/mol. The van der Waals surface area contributed by atoms with Gasteiger partial charge in [0, 0.05) is 18.6 Å². The van der Waals surface area contributed by atoms with E-state index in [9.17, 15) is 4.79 Å². The van der Waals surface area contributed by atoms with Gasteiger partial charge in [-0.2, -0.15) is 0 Å². The minimum Gasteiger partial charge on any atom is -0.451 e. The number of hydrogen-bond donors (Lipinski definition) is 0. The number of thiocarbonyl (C=S) groups is 1. The van der Waals surface area contributed by atoms with Crippen LogP contribution in [0.3, 0.4) is 0 Å². The Labute approximate surface area is 201 Å². The summed E-state index contributed by atoms with van der Waals surface area (Å²) in [5.41, 5.74) is 0.502. The smallest absolute Gasteiger partial charge is 0.413 e. The second-order valence-electron chi connectivity index (χ2n) is 9.64. The summed E-state index contributed by atoms with van der Waals surface area (Å²) >= 11 is 5.45. The van der Waals surface area contributed by atoms with E-state index >= 15 is 0 Å². The SMILES string of the molecule is Cc1ccccc1OC(=S)OC(Cc1ccccc1)[C@H]1COC(C)(C)N1C(=O)OC(C)(C)C. The standard InChI is InChI=1S/C26H33NO5S/c1-18-12-10-11-15-21(18)30-24(33)31-22(16-19-13-8-7-9-14-19)20-17-29-26(5,6)27(20)23(28)32-25(2,3)4/h7-15,20,22H,16-17H2,1-6H3/t20-,22?/m1/s1. The van der Waals surface area contributed by atoms with Crippen molar-refractivity contribution in [2.75, 3.05) is 6.61 Å². The Hall–Kier alpha value is -2.64. The molecule has 0 aromatic heterocycles. The second kappa shape index (κ2) is 10.1. The van der Waals surface area contributed by atoms with Crippen molar-refractivity contribution < 1.29 is 23.7 Å². The number of nitrogens with zero attached hydrogens (tertiary/aromatic N) is 1. The summed E-state index contributed by atoms with van der Waals surface area (Å²) in [6.07, 6.45) is -0.442. The number of carbonyl (C=O) groups is 1. The Morgan fingerprint density at radius 1 is 1.15 bits per heavy atom. The summed E-state index contributed by atoms with van der Waals surface area (Å²) < 4.78 is 23.7. The van der Waals surface area contributed by atoms with Crippen molar-refractivity contribution in [3.05, 3.63) is 65.7 Å². The number of amides is 1. The van der Waals surface area contributed by atoms with Crippen molar-refractivity contribution in [1.82, 2.24) is 4.90 Å². The first-order chi connectivity index (χ1) is 15.5. The fraction of sp³-hybridized carbons (Fsp3) is 0.462. The molecule has 7 heteroatoms. The van der Waals surface area contributed by atoms with E-state index in [0.717, 1.165) is 11.1 Å². The summed E-state index contributed by atoms with van der Waals surface area (Å²) in [5, 5.41) is -0.000856. The summed E-state index contributed by atoms with van der Waals surface area (Å²) in [7, 11) is 0. The average Bonchev–Trinajstić information content (AvgIpc) is 3.04. The lowest BCUT2D eigenvalue weighted by atomic mass is 10.0. The van der Waals surface area contributed by atoms with Crippen LogP contribution in [0.5, 0.6) is 5.75 Å². The average molecular weight is 472 g/mol. The van der Waals surface area contributed by atoms with Gasteiger partial charge in [-0.3, -0.25) is 4.90 Å². The molecule has 1 aliphatic rings. The van der Waals surface area contributed by atoms with Crippen LogP contribution in [0, 0.1) is 6.92 Å². The van der Waals surface area contributed by atoms with E-state index in [0.29, 0.717) is 12.2 Å².